The Hall–Kier alpha value is -1.49. The van der Waals surface area contributed by atoms with E-state index in [0.717, 1.165) is 25.0 Å². The molecule has 0 radical (unpaired) electrons. The molecule has 1 aliphatic heterocycles. The lowest BCUT2D eigenvalue weighted by Gasteiger charge is -2.38. The van der Waals surface area contributed by atoms with E-state index in [1.165, 1.54) is 6.07 Å². The van der Waals surface area contributed by atoms with Gasteiger partial charge in [-0.15, -0.1) is 0 Å². The zero-order valence-electron chi connectivity index (χ0n) is 11.8. The number of carbonyl (C=O) groups excluding carboxylic acids is 1. The predicted octanol–water partition coefficient (Wildman–Crippen LogP) is 2.42. The lowest BCUT2D eigenvalue weighted by molar-refractivity contribution is 0.0627. The quantitative estimate of drug-likeness (QED) is 0.923. The SMILES string of the molecule is CCC1CN(C(=O)c2ccc(F)cc2F)CCC1NC. The van der Waals surface area contributed by atoms with E-state index >= 15 is 0 Å². The van der Waals surface area contributed by atoms with Crippen LogP contribution in [-0.4, -0.2) is 37.0 Å². The normalized spacial score (nSPS) is 22.9. The summed E-state index contributed by atoms with van der Waals surface area (Å²) in [5.74, 6) is -1.45. The summed E-state index contributed by atoms with van der Waals surface area (Å²) in [6.45, 7) is 3.29. The first-order valence-electron chi connectivity index (χ1n) is 6.98. The average molecular weight is 282 g/mol. The Labute approximate surface area is 118 Å². The fraction of sp³-hybridized carbons (Fsp3) is 0.533. The molecule has 1 amide bonds. The maximum absolute atomic E-state index is 13.7. The van der Waals surface area contributed by atoms with Crippen LogP contribution in [0.4, 0.5) is 8.78 Å². The smallest absolute Gasteiger partial charge is 0.256 e. The van der Waals surface area contributed by atoms with Crippen molar-refractivity contribution in [2.45, 2.75) is 25.8 Å². The second-order valence-corrected chi connectivity index (χ2v) is 5.23. The molecule has 2 atom stereocenters. The summed E-state index contributed by atoms with van der Waals surface area (Å²) < 4.78 is 26.6. The summed E-state index contributed by atoms with van der Waals surface area (Å²) in [5, 5.41) is 3.26. The van der Waals surface area contributed by atoms with Crippen LogP contribution in [0.15, 0.2) is 18.2 Å². The van der Waals surface area contributed by atoms with Crippen molar-refractivity contribution in [3.8, 4) is 0 Å². The molecule has 1 fully saturated rings. The van der Waals surface area contributed by atoms with Crippen molar-refractivity contribution >= 4 is 5.91 Å². The van der Waals surface area contributed by atoms with Gasteiger partial charge < -0.3 is 10.2 Å². The monoisotopic (exact) mass is 282 g/mol. The van der Waals surface area contributed by atoms with Crippen molar-refractivity contribution in [3.63, 3.8) is 0 Å². The number of carbonyl (C=O) groups is 1. The summed E-state index contributed by atoms with van der Waals surface area (Å²) in [5.41, 5.74) is -0.0517. The fourth-order valence-electron chi connectivity index (χ4n) is 2.84. The molecule has 2 unspecified atom stereocenters. The molecule has 2 rings (SSSR count). The zero-order valence-corrected chi connectivity index (χ0v) is 11.8. The summed E-state index contributed by atoms with van der Waals surface area (Å²) in [6, 6.07) is 3.49. The number of halogens is 2. The van der Waals surface area contributed by atoms with Gasteiger partial charge in [-0.25, -0.2) is 8.78 Å². The van der Waals surface area contributed by atoms with E-state index in [2.05, 4.69) is 12.2 Å². The number of piperidine rings is 1. The maximum atomic E-state index is 13.7. The van der Waals surface area contributed by atoms with E-state index in [0.29, 0.717) is 25.0 Å². The van der Waals surface area contributed by atoms with Crippen molar-refractivity contribution in [2.24, 2.45) is 5.92 Å². The molecule has 1 aromatic rings. The molecule has 0 bridgehead atoms. The third kappa shape index (κ3) is 2.98. The Morgan fingerprint density at radius 2 is 2.20 bits per heavy atom. The molecule has 0 aromatic heterocycles. The molecule has 5 heteroatoms. The van der Waals surface area contributed by atoms with Crippen LogP contribution in [0.5, 0.6) is 0 Å². The van der Waals surface area contributed by atoms with Gasteiger partial charge in [-0.1, -0.05) is 13.3 Å². The van der Waals surface area contributed by atoms with Gasteiger partial charge in [0, 0.05) is 25.2 Å². The van der Waals surface area contributed by atoms with Gasteiger partial charge in [-0.3, -0.25) is 4.79 Å². The number of hydrogen-bond donors (Lipinski definition) is 1. The van der Waals surface area contributed by atoms with Gasteiger partial charge in [0.15, 0.2) is 0 Å². The molecule has 1 saturated heterocycles. The molecular weight excluding hydrogens is 262 g/mol. The topological polar surface area (TPSA) is 32.3 Å². The highest BCUT2D eigenvalue weighted by atomic mass is 19.1. The van der Waals surface area contributed by atoms with E-state index in [-0.39, 0.29) is 11.5 Å². The van der Waals surface area contributed by atoms with Gasteiger partial charge in [-0.05, 0) is 31.5 Å². The summed E-state index contributed by atoms with van der Waals surface area (Å²) in [4.78, 5) is 14.0. The lowest BCUT2D eigenvalue weighted by atomic mass is 9.89. The Kier molecular flexibility index (Phi) is 4.70. The van der Waals surface area contributed by atoms with Crippen molar-refractivity contribution in [3.05, 3.63) is 35.4 Å². The highest BCUT2D eigenvalue weighted by molar-refractivity contribution is 5.94. The van der Waals surface area contributed by atoms with Gasteiger partial charge >= 0.3 is 0 Å². The van der Waals surface area contributed by atoms with E-state index in [1.807, 2.05) is 7.05 Å². The van der Waals surface area contributed by atoms with Crippen molar-refractivity contribution in [1.29, 1.82) is 0 Å². The Balaban J connectivity index is 2.13. The number of nitrogens with zero attached hydrogens (tertiary/aromatic N) is 1. The largest absolute Gasteiger partial charge is 0.338 e. The number of rotatable bonds is 3. The molecule has 0 saturated carbocycles. The first kappa shape index (κ1) is 14.9. The number of benzene rings is 1. The molecule has 0 aliphatic carbocycles. The number of nitrogens with one attached hydrogen (secondary N) is 1. The summed E-state index contributed by atoms with van der Waals surface area (Å²) in [7, 11) is 1.92. The van der Waals surface area contributed by atoms with Gasteiger partial charge in [-0.2, -0.15) is 0 Å². The molecule has 1 N–H and O–H groups in total. The molecule has 110 valence electrons. The van der Waals surface area contributed by atoms with Crippen molar-refractivity contribution < 1.29 is 13.6 Å². The van der Waals surface area contributed by atoms with Crippen molar-refractivity contribution in [1.82, 2.24) is 10.2 Å². The first-order chi connectivity index (χ1) is 9.56. The van der Waals surface area contributed by atoms with Crippen LogP contribution in [-0.2, 0) is 0 Å². The third-order valence-electron chi connectivity index (χ3n) is 4.08. The van der Waals surface area contributed by atoms with Crippen LogP contribution >= 0.6 is 0 Å². The van der Waals surface area contributed by atoms with Gasteiger partial charge in [0.05, 0.1) is 5.56 Å². The van der Waals surface area contributed by atoms with Gasteiger partial charge in [0.25, 0.3) is 5.91 Å². The lowest BCUT2D eigenvalue weighted by Crippen LogP contribution is -2.50. The molecule has 1 aromatic carbocycles. The Morgan fingerprint density at radius 1 is 1.45 bits per heavy atom. The summed E-state index contributed by atoms with van der Waals surface area (Å²) in [6.07, 6.45) is 1.81. The van der Waals surface area contributed by atoms with Crippen LogP contribution in [0.1, 0.15) is 30.1 Å². The molecular formula is C15H20F2N2O. The van der Waals surface area contributed by atoms with Crippen LogP contribution < -0.4 is 5.32 Å². The van der Waals surface area contributed by atoms with Crippen LogP contribution in [0.2, 0.25) is 0 Å². The van der Waals surface area contributed by atoms with E-state index in [4.69, 9.17) is 0 Å². The molecule has 1 heterocycles. The van der Waals surface area contributed by atoms with E-state index < -0.39 is 11.6 Å². The van der Waals surface area contributed by atoms with Gasteiger partial charge in [0.1, 0.15) is 11.6 Å². The summed E-state index contributed by atoms with van der Waals surface area (Å²) >= 11 is 0. The number of likely N-dealkylation sites (tertiary alicyclic amines) is 1. The average Bonchev–Trinajstić information content (AvgIpc) is 2.45. The number of hydrogen-bond acceptors (Lipinski definition) is 2. The predicted molar refractivity (Wildman–Crippen MR) is 73.5 cm³/mol. The second kappa shape index (κ2) is 6.31. The first-order valence-corrected chi connectivity index (χ1v) is 6.98. The van der Waals surface area contributed by atoms with Gasteiger partial charge in [0.2, 0.25) is 0 Å². The van der Waals surface area contributed by atoms with Crippen LogP contribution in [0.3, 0.4) is 0 Å². The molecule has 3 nitrogen and oxygen atoms in total. The van der Waals surface area contributed by atoms with Crippen molar-refractivity contribution in [2.75, 3.05) is 20.1 Å². The minimum Gasteiger partial charge on any atom is -0.338 e. The second-order valence-electron chi connectivity index (χ2n) is 5.23. The third-order valence-corrected chi connectivity index (χ3v) is 4.08. The minimum absolute atomic E-state index is 0.0517. The Bertz CT molecular complexity index is 493. The highest BCUT2D eigenvalue weighted by Crippen LogP contribution is 2.22. The zero-order chi connectivity index (χ0) is 14.7. The fourth-order valence-corrected chi connectivity index (χ4v) is 2.84. The van der Waals surface area contributed by atoms with E-state index in [1.54, 1.807) is 4.90 Å². The molecule has 1 aliphatic rings. The number of amides is 1. The Morgan fingerprint density at radius 3 is 2.80 bits per heavy atom. The standard InChI is InChI=1S/C15H20F2N2O/c1-3-10-9-19(7-6-14(10)18-2)15(20)12-5-4-11(16)8-13(12)17/h4-5,8,10,14,18H,3,6-7,9H2,1-2H3. The highest BCUT2D eigenvalue weighted by Gasteiger charge is 2.30. The van der Waals surface area contributed by atoms with Crippen LogP contribution in [0.25, 0.3) is 0 Å². The maximum Gasteiger partial charge on any atom is 0.256 e. The molecule has 20 heavy (non-hydrogen) atoms. The molecule has 0 spiro atoms. The van der Waals surface area contributed by atoms with E-state index in [9.17, 15) is 13.6 Å². The van der Waals surface area contributed by atoms with Crippen LogP contribution in [0, 0.1) is 17.6 Å². The minimum atomic E-state index is -0.793.